The summed E-state index contributed by atoms with van der Waals surface area (Å²) in [6, 6.07) is 0. The minimum absolute atomic E-state index is 0.503. The number of aldehydes is 1. The van der Waals surface area contributed by atoms with E-state index in [-0.39, 0.29) is 0 Å². The fourth-order valence-corrected chi connectivity index (χ4v) is 1.25. The van der Waals surface area contributed by atoms with Crippen molar-refractivity contribution in [3.63, 3.8) is 0 Å². The van der Waals surface area contributed by atoms with Crippen LogP contribution < -0.4 is 11.1 Å². The molecule has 1 heterocycles. The third-order valence-electron chi connectivity index (χ3n) is 1.32. The van der Waals surface area contributed by atoms with Crippen LogP contribution in [0.3, 0.4) is 0 Å². The lowest BCUT2D eigenvalue weighted by atomic mass is 10.1. The number of carbonyl (C=O) groups excluding carboxylic acids is 1. The summed E-state index contributed by atoms with van der Waals surface area (Å²) in [6.45, 7) is 1.79. The number of nitrogens with two attached hydrogens (primary N) is 1. The summed E-state index contributed by atoms with van der Waals surface area (Å²) < 4.78 is 0. The predicted octanol–water partition coefficient (Wildman–Crippen LogP) is 0.470. The molecule has 0 fully saturated rings. The molecule has 1 aliphatic heterocycles. The Morgan fingerprint density at radius 3 is 2.91 bits per heavy atom. The molecule has 0 aromatic carbocycles. The van der Waals surface area contributed by atoms with Gasteiger partial charge in [-0.15, -0.1) is 0 Å². The summed E-state index contributed by atoms with van der Waals surface area (Å²) in [7, 11) is 0. The summed E-state index contributed by atoms with van der Waals surface area (Å²) in [4.78, 5) is 9.30. The van der Waals surface area contributed by atoms with Gasteiger partial charge in [0.05, 0.1) is 0 Å². The number of allylic oxidation sites excluding steroid dienone is 2. The van der Waals surface area contributed by atoms with Crippen molar-refractivity contribution in [3.8, 4) is 0 Å². The Labute approximate surface area is 69.9 Å². The van der Waals surface area contributed by atoms with Crippen LogP contribution in [0.25, 0.3) is 0 Å². The monoisotopic (exact) mass is 172 g/mol. The minimum Gasteiger partial charge on any atom is -0.399 e. The zero-order valence-corrected chi connectivity index (χ0v) is 6.85. The van der Waals surface area contributed by atoms with E-state index in [2.05, 4.69) is 5.32 Å². The molecule has 1 aliphatic rings. The largest absolute Gasteiger partial charge is 0.399 e. The zero-order chi connectivity index (χ0) is 8.48. The number of dihydropyridines is 1. The first-order chi connectivity index (χ1) is 5.06. The van der Waals surface area contributed by atoms with Gasteiger partial charge >= 0.3 is 0 Å². The van der Waals surface area contributed by atoms with E-state index in [1.54, 1.807) is 13.0 Å². The highest BCUT2D eigenvalue weighted by Crippen LogP contribution is 2.18. The number of alkyl halides is 1. The normalized spacial score (nSPS) is 30.0. The van der Waals surface area contributed by atoms with Gasteiger partial charge in [-0.1, -0.05) is 11.6 Å². The van der Waals surface area contributed by atoms with E-state index in [9.17, 15) is 4.79 Å². The van der Waals surface area contributed by atoms with Crippen molar-refractivity contribution in [1.29, 1.82) is 0 Å². The van der Waals surface area contributed by atoms with Gasteiger partial charge in [0.1, 0.15) is 0 Å². The first kappa shape index (κ1) is 8.14. The van der Waals surface area contributed by atoms with E-state index >= 15 is 0 Å². The maximum Gasteiger partial charge on any atom is 0.189 e. The van der Waals surface area contributed by atoms with Crippen LogP contribution in [0.15, 0.2) is 23.5 Å². The van der Waals surface area contributed by atoms with Crippen LogP contribution in [-0.4, -0.2) is 11.3 Å². The van der Waals surface area contributed by atoms with Crippen LogP contribution in [-0.2, 0) is 4.79 Å². The third-order valence-corrected chi connectivity index (χ3v) is 1.61. The molecule has 1 atom stereocenters. The fraction of sp³-hybridized carbons (Fsp3) is 0.286. The third kappa shape index (κ3) is 1.74. The molecule has 11 heavy (non-hydrogen) atoms. The van der Waals surface area contributed by atoms with E-state index in [0.29, 0.717) is 12.0 Å². The summed E-state index contributed by atoms with van der Waals surface area (Å²) in [5.74, 6) is 0. The first-order valence-corrected chi connectivity index (χ1v) is 3.53. The lowest BCUT2D eigenvalue weighted by molar-refractivity contribution is -0.109. The highest BCUT2D eigenvalue weighted by molar-refractivity contribution is 6.33. The molecule has 0 spiro atoms. The molecule has 1 rings (SSSR count). The molecule has 0 radical (unpaired) electrons. The summed E-state index contributed by atoms with van der Waals surface area (Å²) in [5, 5.41) is 2.77. The van der Waals surface area contributed by atoms with Gasteiger partial charge < -0.3 is 11.1 Å². The molecular weight excluding hydrogens is 164 g/mol. The molecule has 1 unspecified atom stereocenters. The smallest absolute Gasteiger partial charge is 0.189 e. The van der Waals surface area contributed by atoms with Crippen LogP contribution in [0.2, 0.25) is 0 Å². The molecule has 3 nitrogen and oxygen atoms in total. The second-order valence-electron chi connectivity index (χ2n) is 2.48. The molecule has 0 aromatic heterocycles. The van der Waals surface area contributed by atoms with Crippen molar-refractivity contribution in [3.05, 3.63) is 23.5 Å². The van der Waals surface area contributed by atoms with Gasteiger partial charge in [-0.25, -0.2) is 0 Å². The zero-order valence-electron chi connectivity index (χ0n) is 6.10. The van der Waals surface area contributed by atoms with E-state index in [1.165, 1.54) is 6.08 Å². The van der Waals surface area contributed by atoms with Gasteiger partial charge in [0, 0.05) is 11.4 Å². The second-order valence-corrected chi connectivity index (χ2v) is 3.11. The molecular formula is C7H9ClN2O. The van der Waals surface area contributed by atoms with Crippen LogP contribution in [0.1, 0.15) is 6.92 Å². The number of halogens is 1. The number of nitrogens with one attached hydrogen (secondary N) is 1. The van der Waals surface area contributed by atoms with Crippen LogP contribution in [0.5, 0.6) is 0 Å². The Balaban J connectivity index is 2.95. The Hall–Kier alpha value is -0.960. The summed E-state index contributed by atoms with van der Waals surface area (Å²) >= 11 is 5.77. The van der Waals surface area contributed by atoms with Crippen molar-refractivity contribution >= 4 is 17.9 Å². The number of hydrogen-bond donors (Lipinski definition) is 2. The molecule has 4 heteroatoms. The van der Waals surface area contributed by atoms with Crippen LogP contribution in [0, 0.1) is 0 Å². The fourth-order valence-electron chi connectivity index (χ4n) is 0.972. The molecule has 0 aliphatic carbocycles. The average Bonchev–Trinajstić information content (AvgIpc) is 1.84. The van der Waals surface area contributed by atoms with Crippen molar-refractivity contribution in [2.75, 3.05) is 0 Å². The predicted molar refractivity (Wildman–Crippen MR) is 43.8 cm³/mol. The summed E-state index contributed by atoms with van der Waals surface area (Å²) in [5.41, 5.74) is 6.77. The van der Waals surface area contributed by atoms with E-state index in [1.807, 2.05) is 0 Å². The first-order valence-electron chi connectivity index (χ1n) is 3.16. The average molecular weight is 173 g/mol. The number of carbonyl (C=O) groups is 1. The van der Waals surface area contributed by atoms with Gasteiger partial charge in [-0.3, -0.25) is 4.79 Å². The number of rotatable bonds is 1. The highest BCUT2D eigenvalue weighted by Gasteiger charge is 2.25. The summed E-state index contributed by atoms with van der Waals surface area (Å²) in [6.07, 6.45) is 3.79. The molecule has 0 aromatic rings. The van der Waals surface area contributed by atoms with Gasteiger partial charge in [0.2, 0.25) is 0 Å². The quantitative estimate of drug-likeness (QED) is 0.344. The Bertz CT molecular complexity index is 247. The van der Waals surface area contributed by atoms with Crippen molar-refractivity contribution in [2.24, 2.45) is 5.73 Å². The van der Waals surface area contributed by atoms with Crippen molar-refractivity contribution in [2.45, 2.75) is 11.9 Å². The van der Waals surface area contributed by atoms with Crippen molar-refractivity contribution < 1.29 is 4.79 Å². The van der Waals surface area contributed by atoms with Crippen LogP contribution >= 0.6 is 11.6 Å². The molecule has 3 N–H and O–H groups in total. The van der Waals surface area contributed by atoms with Gasteiger partial charge in [-0.2, -0.15) is 0 Å². The maximum atomic E-state index is 10.5. The molecule has 0 saturated heterocycles. The minimum atomic E-state index is -1.15. The molecule has 0 saturated carbocycles. The number of hydrogen-bond acceptors (Lipinski definition) is 3. The van der Waals surface area contributed by atoms with Gasteiger partial charge in [0.15, 0.2) is 11.3 Å². The topological polar surface area (TPSA) is 55.1 Å². The van der Waals surface area contributed by atoms with E-state index in [4.69, 9.17) is 17.3 Å². The molecule has 0 amide bonds. The van der Waals surface area contributed by atoms with Gasteiger partial charge in [-0.05, 0) is 19.1 Å². The van der Waals surface area contributed by atoms with Crippen molar-refractivity contribution in [1.82, 2.24) is 5.32 Å². The lowest BCUT2D eigenvalue weighted by Crippen LogP contribution is -2.41. The molecule has 60 valence electrons. The standard InChI is InChI=1S/C7H9ClN2O/c1-5-2-6(9)3-7(8,4-11)10-5/h2-4,10H,9H2,1H3. The maximum absolute atomic E-state index is 10.5. The highest BCUT2D eigenvalue weighted by atomic mass is 35.5. The van der Waals surface area contributed by atoms with E-state index in [0.717, 1.165) is 5.70 Å². The SMILES string of the molecule is CC1=CC(N)=CC(Cl)(C=O)N1. The second kappa shape index (κ2) is 2.58. The lowest BCUT2D eigenvalue weighted by Gasteiger charge is -2.24. The van der Waals surface area contributed by atoms with Crippen LogP contribution in [0.4, 0.5) is 0 Å². The Morgan fingerprint density at radius 1 is 1.82 bits per heavy atom. The Kier molecular flexibility index (Phi) is 1.91. The molecule has 0 bridgehead atoms. The Morgan fingerprint density at radius 2 is 2.45 bits per heavy atom. The van der Waals surface area contributed by atoms with Gasteiger partial charge in [0.25, 0.3) is 0 Å². The van der Waals surface area contributed by atoms with E-state index < -0.39 is 5.00 Å².